The van der Waals surface area contributed by atoms with Gasteiger partial charge in [0.2, 0.25) is 5.91 Å². The number of nitrogens with one attached hydrogen (secondary N) is 3. The molecule has 4 aromatic rings. The van der Waals surface area contributed by atoms with Crippen LogP contribution in [-0.2, 0) is 11.2 Å². The molecule has 1 aromatic heterocycles. The maximum Gasteiger partial charge on any atom is 0.323 e. The zero-order valence-corrected chi connectivity index (χ0v) is 17.6. The van der Waals surface area contributed by atoms with E-state index in [-0.39, 0.29) is 11.9 Å². The Morgan fingerprint density at radius 1 is 0.742 bits per heavy atom. The van der Waals surface area contributed by atoms with Crippen LogP contribution in [0.3, 0.4) is 0 Å². The van der Waals surface area contributed by atoms with Gasteiger partial charge in [-0.25, -0.2) is 9.78 Å². The summed E-state index contributed by atoms with van der Waals surface area (Å²) in [5.74, 6) is -0.0383. The van der Waals surface area contributed by atoms with Gasteiger partial charge in [-0.15, -0.1) is 11.3 Å². The van der Waals surface area contributed by atoms with E-state index in [0.717, 1.165) is 29.1 Å². The van der Waals surface area contributed by atoms with E-state index in [9.17, 15) is 9.59 Å². The molecule has 0 unspecified atom stereocenters. The van der Waals surface area contributed by atoms with Crippen LogP contribution in [0.1, 0.15) is 17.8 Å². The first-order chi connectivity index (χ1) is 15.2. The number of hydrogen-bond donors (Lipinski definition) is 3. The van der Waals surface area contributed by atoms with Crippen molar-refractivity contribution in [2.24, 2.45) is 0 Å². The van der Waals surface area contributed by atoms with Gasteiger partial charge in [-0.3, -0.25) is 4.79 Å². The van der Waals surface area contributed by atoms with E-state index in [1.54, 1.807) is 35.6 Å². The Morgan fingerprint density at radius 3 is 2.06 bits per heavy atom. The number of hydrogen-bond acceptors (Lipinski definition) is 4. The van der Waals surface area contributed by atoms with E-state index in [1.165, 1.54) is 4.70 Å². The fraction of sp³-hybridized carbons (Fsp3) is 0.125. The van der Waals surface area contributed by atoms with Gasteiger partial charge in [0.05, 0.1) is 15.2 Å². The number of nitrogens with zero attached hydrogens (tertiary/aromatic N) is 1. The number of amides is 3. The second kappa shape index (κ2) is 9.86. The molecule has 6 nitrogen and oxygen atoms in total. The Hall–Kier alpha value is -3.71. The fourth-order valence-electron chi connectivity index (χ4n) is 3.10. The van der Waals surface area contributed by atoms with Crippen molar-refractivity contribution in [2.75, 3.05) is 16.0 Å². The van der Waals surface area contributed by atoms with E-state index in [1.807, 2.05) is 48.5 Å². The van der Waals surface area contributed by atoms with Crippen LogP contribution in [0, 0.1) is 0 Å². The molecule has 3 aromatic carbocycles. The smallest absolute Gasteiger partial charge is 0.323 e. The molecule has 0 saturated heterocycles. The summed E-state index contributed by atoms with van der Waals surface area (Å²) in [6, 6.07) is 24.0. The third-order valence-electron chi connectivity index (χ3n) is 4.59. The second-order valence-electron chi connectivity index (χ2n) is 7.00. The number of thiazole rings is 1. The molecule has 156 valence electrons. The number of rotatable bonds is 7. The summed E-state index contributed by atoms with van der Waals surface area (Å²) < 4.78 is 1.17. The van der Waals surface area contributed by atoms with Crippen LogP contribution in [0.5, 0.6) is 0 Å². The average Bonchev–Trinajstić information content (AvgIpc) is 3.18. The molecule has 0 aliphatic heterocycles. The van der Waals surface area contributed by atoms with Crippen LogP contribution in [0.15, 0.2) is 78.9 Å². The molecule has 0 saturated carbocycles. The molecule has 0 aliphatic carbocycles. The standard InChI is InChI=1S/C24H22N4O2S/c29-22(11-6-12-23-28-20-9-4-5-10-21(20)31-23)25-18-13-15-19(16-14-18)27-24(30)26-17-7-2-1-3-8-17/h1-5,7-10,13-16H,6,11-12H2,(H,25,29)(H2,26,27,30). The number of fused-ring (bicyclic) bond motifs is 1. The van der Waals surface area contributed by atoms with E-state index in [2.05, 4.69) is 27.0 Å². The summed E-state index contributed by atoms with van der Waals surface area (Å²) in [6.45, 7) is 0. The molecule has 0 fully saturated rings. The Labute approximate surface area is 184 Å². The number of aromatic nitrogens is 1. The minimum Gasteiger partial charge on any atom is -0.326 e. The number of anilines is 3. The van der Waals surface area contributed by atoms with Crippen molar-refractivity contribution in [1.82, 2.24) is 4.98 Å². The van der Waals surface area contributed by atoms with Gasteiger partial charge in [0.15, 0.2) is 0 Å². The summed E-state index contributed by atoms with van der Waals surface area (Å²) in [5.41, 5.74) is 3.06. The van der Waals surface area contributed by atoms with Crippen LogP contribution >= 0.6 is 11.3 Å². The largest absolute Gasteiger partial charge is 0.326 e. The van der Waals surface area contributed by atoms with Crippen LogP contribution in [0.2, 0.25) is 0 Å². The highest BCUT2D eigenvalue weighted by atomic mass is 32.1. The maximum absolute atomic E-state index is 12.2. The van der Waals surface area contributed by atoms with Crippen molar-refractivity contribution in [1.29, 1.82) is 0 Å². The molecule has 31 heavy (non-hydrogen) atoms. The first kappa shape index (κ1) is 20.6. The second-order valence-corrected chi connectivity index (χ2v) is 8.11. The Bertz CT molecular complexity index is 1140. The lowest BCUT2D eigenvalue weighted by Gasteiger charge is -2.09. The number of carbonyl (C=O) groups is 2. The molecule has 0 radical (unpaired) electrons. The normalized spacial score (nSPS) is 10.6. The van der Waals surface area contributed by atoms with Crippen molar-refractivity contribution in [2.45, 2.75) is 19.3 Å². The quantitative estimate of drug-likeness (QED) is 0.341. The van der Waals surface area contributed by atoms with Crippen LogP contribution in [-0.4, -0.2) is 16.9 Å². The van der Waals surface area contributed by atoms with Crippen LogP contribution in [0.4, 0.5) is 21.9 Å². The molecule has 7 heteroatoms. The van der Waals surface area contributed by atoms with Crippen molar-refractivity contribution in [3.8, 4) is 0 Å². The zero-order chi connectivity index (χ0) is 21.5. The van der Waals surface area contributed by atoms with Crippen molar-refractivity contribution in [3.05, 3.63) is 83.9 Å². The van der Waals surface area contributed by atoms with Gasteiger partial charge in [0, 0.05) is 23.5 Å². The van der Waals surface area contributed by atoms with Crippen LogP contribution < -0.4 is 16.0 Å². The third kappa shape index (κ3) is 5.90. The number of para-hydroxylation sites is 2. The predicted octanol–water partition coefficient (Wildman–Crippen LogP) is 5.90. The lowest BCUT2D eigenvalue weighted by atomic mass is 10.2. The van der Waals surface area contributed by atoms with Crippen molar-refractivity contribution in [3.63, 3.8) is 0 Å². The highest BCUT2D eigenvalue weighted by Crippen LogP contribution is 2.23. The van der Waals surface area contributed by atoms with Crippen LogP contribution in [0.25, 0.3) is 10.2 Å². The summed E-state index contributed by atoms with van der Waals surface area (Å²) in [4.78, 5) is 28.9. The summed E-state index contributed by atoms with van der Waals surface area (Å²) in [5, 5.41) is 9.47. The molecule has 0 spiro atoms. The minimum absolute atomic E-state index is 0.0383. The highest BCUT2D eigenvalue weighted by Gasteiger charge is 2.07. The lowest BCUT2D eigenvalue weighted by Crippen LogP contribution is -2.19. The number of aryl methyl sites for hydroxylation is 1. The number of carbonyl (C=O) groups excluding carboxylic acids is 2. The average molecular weight is 431 g/mol. The molecule has 3 amide bonds. The van der Waals surface area contributed by atoms with Crippen molar-refractivity contribution >= 4 is 50.6 Å². The Balaban J connectivity index is 1.21. The van der Waals surface area contributed by atoms with Crippen molar-refractivity contribution < 1.29 is 9.59 Å². The summed E-state index contributed by atoms with van der Waals surface area (Å²) in [7, 11) is 0. The first-order valence-corrected chi connectivity index (χ1v) is 10.8. The van der Waals surface area contributed by atoms with Gasteiger partial charge < -0.3 is 16.0 Å². The van der Waals surface area contributed by atoms with E-state index in [0.29, 0.717) is 17.8 Å². The molecule has 0 atom stereocenters. The predicted molar refractivity (Wildman–Crippen MR) is 127 cm³/mol. The first-order valence-electron chi connectivity index (χ1n) is 10.0. The van der Waals surface area contributed by atoms with E-state index in [4.69, 9.17) is 0 Å². The highest BCUT2D eigenvalue weighted by molar-refractivity contribution is 7.18. The van der Waals surface area contributed by atoms with Gasteiger partial charge in [0.25, 0.3) is 0 Å². The summed E-state index contributed by atoms with van der Waals surface area (Å²) in [6.07, 6.45) is 1.95. The molecule has 0 bridgehead atoms. The molecular formula is C24H22N4O2S. The Morgan fingerprint density at radius 2 is 1.35 bits per heavy atom. The van der Waals surface area contributed by atoms with Gasteiger partial charge >= 0.3 is 6.03 Å². The number of benzene rings is 3. The molecule has 0 aliphatic rings. The zero-order valence-electron chi connectivity index (χ0n) is 16.8. The lowest BCUT2D eigenvalue weighted by molar-refractivity contribution is -0.116. The summed E-state index contributed by atoms with van der Waals surface area (Å²) >= 11 is 1.68. The van der Waals surface area contributed by atoms with E-state index >= 15 is 0 Å². The SMILES string of the molecule is O=C(CCCc1nc2ccccc2s1)Nc1ccc(NC(=O)Nc2ccccc2)cc1. The van der Waals surface area contributed by atoms with Gasteiger partial charge in [-0.2, -0.15) is 0 Å². The molecule has 1 heterocycles. The fourth-order valence-corrected chi connectivity index (χ4v) is 4.11. The topological polar surface area (TPSA) is 83.1 Å². The maximum atomic E-state index is 12.2. The third-order valence-corrected chi connectivity index (χ3v) is 5.69. The molecule has 3 N–H and O–H groups in total. The van der Waals surface area contributed by atoms with E-state index < -0.39 is 0 Å². The Kier molecular flexibility index (Phi) is 6.54. The number of urea groups is 1. The van der Waals surface area contributed by atoms with Gasteiger partial charge in [-0.1, -0.05) is 30.3 Å². The van der Waals surface area contributed by atoms with Gasteiger partial charge in [0.1, 0.15) is 0 Å². The minimum atomic E-state index is -0.321. The monoisotopic (exact) mass is 430 g/mol. The van der Waals surface area contributed by atoms with Gasteiger partial charge in [-0.05, 0) is 61.4 Å². The molecular weight excluding hydrogens is 408 g/mol. The molecule has 4 rings (SSSR count).